The van der Waals surface area contributed by atoms with Crippen molar-refractivity contribution in [3.05, 3.63) is 29.8 Å². The smallest absolute Gasteiger partial charge is 0.122 e. The molecule has 1 aromatic carbocycles. The SMILES string of the molecule is CCOc1ccccc1C(C)C(C)CNC. The van der Waals surface area contributed by atoms with Gasteiger partial charge in [-0.3, -0.25) is 0 Å². The molecule has 1 N–H and O–H groups in total. The molecule has 2 atom stereocenters. The number of hydrogen-bond acceptors (Lipinski definition) is 2. The molecule has 0 aliphatic carbocycles. The van der Waals surface area contributed by atoms with E-state index in [4.69, 9.17) is 4.74 Å². The van der Waals surface area contributed by atoms with E-state index in [1.54, 1.807) is 0 Å². The molecule has 2 heteroatoms. The molecule has 1 aromatic rings. The van der Waals surface area contributed by atoms with Gasteiger partial charge in [-0.05, 0) is 44.0 Å². The van der Waals surface area contributed by atoms with Gasteiger partial charge in [0.25, 0.3) is 0 Å². The van der Waals surface area contributed by atoms with Crippen LogP contribution in [0.3, 0.4) is 0 Å². The molecule has 0 saturated carbocycles. The van der Waals surface area contributed by atoms with Crippen LogP contribution in [0, 0.1) is 5.92 Å². The molecule has 0 aromatic heterocycles. The minimum atomic E-state index is 0.509. The molecular formula is C14H23NO. The van der Waals surface area contributed by atoms with Crippen molar-refractivity contribution >= 4 is 0 Å². The molecule has 0 bridgehead atoms. The highest BCUT2D eigenvalue weighted by Gasteiger charge is 2.17. The summed E-state index contributed by atoms with van der Waals surface area (Å²) in [6.07, 6.45) is 0. The Morgan fingerprint density at radius 1 is 1.25 bits per heavy atom. The zero-order valence-electron chi connectivity index (χ0n) is 10.8. The molecule has 16 heavy (non-hydrogen) atoms. The predicted octanol–water partition coefficient (Wildman–Crippen LogP) is 3.04. The largest absolute Gasteiger partial charge is 0.494 e. The highest BCUT2D eigenvalue weighted by molar-refractivity contribution is 5.36. The van der Waals surface area contributed by atoms with Gasteiger partial charge in [-0.1, -0.05) is 32.0 Å². The van der Waals surface area contributed by atoms with Crippen LogP contribution >= 0.6 is 0 Å². The number of nitrogens with one attached hydrogen (secondary N) is 1. The van der Waals surface area contributed by atoms with Crippen LogP contribution in [0.1, 0.15) is 32.3 Å². The van der Waals surface area contributed by atoms with Gasteiger partial charge in [-0.15, -0.1) is 0 Å². The van der Waals surface area contributed by atoms with Gasteiger partial charge in [0.05, 0.1) is 6.61 Å². The minimum Gasteiger partial charge on any atom is -0.494 e. The number of para-hydroxylation sites is 1. The Labute approximate surface area is 99.0 Å². The fraction of sp³-hybridized carbons (Fsp3) is 0.571. The predicted molar refractivity (Wildman–Crippen MR) is 69.1 cm³/mol. The first-order valence-corrected chi connectivity index (χ1v) is 6.07. The maximum absolute atomic E-state index is 5.67. The second kappa shape index (κ2) is 6.54. The molecule has 0 heterocycles. The van der Waals surface area contributed by atoms with Crippen LogP contribution in [0.5, 0.6) is 5.75 Å². The van der Waals surface area contributed by atoms with Crippen molar-refractivity contribution in [1.29, 1.82) is 0 Å². The maximum Gasteiger partial charge on any atom is 0.122 e. The van der Waals surface area contributed by atoms with Gasteiger partial charge in [0.15, 0.2) is 0 Å². The van der Waals surface area contributed by atoms with Gasteiger partial charge in [-0.2, -0.15) is 0 Å². The molecule has 0 spiro atoms. The standard InChI is InChI=1S/C14H23NO/c1-5-16-14-9-7-6-8-13(14)12(3)11(2)10-15-4/h6-9,11-12,15H,5,10H2,1-4H3. The zero-order valence-corrected chi connectivity index (χ0v) is 10.8. The summed E-state index contributed by atoms with van der Waals surface area (Å²) in [6.45, 7) is 8.31. The van der Waals surface area contributed by atoms with Gasteiger partial charge in [0.1, 0.15) is 5.75 Å². The normalized spacial score (nSPS) is 14.5. The number of ether oxygens (including phenoxy) is 1. The highest BCUT2D eigenvalue weighted by atomic mass is 16.5. The minimum absolute atomic E-state index is 0.509. The Kier molecular flexibility index (Phi) is 5.33. The second-order valence-corrected chi connectivity index (χ2v) is 4.29. The van der Waals surface area contributed by atoms with E-state index in [1.165, 1.54) is 5.56 Å². The van der Waals surface area contributed by atoms with Crippen LogP contribution in [0.25, 0.3) is 0 Å². The number of benzene rings is 1. The number of hydrogen-bond donors (Lipinski definition) is 1. The van der Waals surface area contributed by atoms with E-state index in [2.05, 4.69) is 37.4 Å². The van der Waals surface area contributed by atoms with Crippen molar-refractivity contribution in [2.75, 3.05) is 20.2 Å². The lowest BCUT2D eigenvalue weighted by molar-refractivity contribution is 0.329. The third-order valence-corrected chi connectivity index (χ3v) is 3.09. The molecule has 2 unspecified atom stereocenters. The Morgan fingerprint density at radius 2 is 1.94 bits per heavy atom. The molecule has 0 radical (unpaired) electrons. The monoisotopic (exact) mass is 221 g/mol. The Bertz CT molecular complexity index is 311. The summed E-state index contributed by atoms with van der Waals surface area (Å²) in [5, 5.41) is 3.23. The third-order valence-electron chi connectivity index (χ3n) is 3.09. The van der Waals surface area contributed by atoms with Crippen LogP contribution in [0.15, 0.2) is 24.3 Å². The van der Waals surface area contributed by atoms with Crippen molar-refractivity contribution in [2.45, 2.75) is 26.7 Å². The van der Waals surface area contributed by atoms with Gasteiger partial charge in [-0.25, -0.2) is 0 Å². The highest BCUT2D eigenvalue weighted by Crippen LogP contribution is 2.31. The average molecular weight is 221 g/mol. The molecule has 0 fully saturated rings. The Balaban J connectivity index is 2.84. The quantitative estimate of drug-likeness (QED) is 0.797. The summed E-state index contributed by atoms with van der Waals surface area (Å²) in [7, 11) is 2.00. The fourth-order valence-corrected chi connectivity index (χ4v) is 1.95. The van der Waals surface area contributed by atoms with Crippen LogP contribution in [-0.2, 0) is 0 Å². The summed E-state index contributed by atoms with van der Waals surface area (Å²) in [5.41, 5.74) is 1.31. The first-order valence-electron chi connectivity index (χ1n) is 6.07. The molecule has 1 rings (SSSR count). The van der Waals surface area contributed by atoms with E-state index in [0.717, 1.165) is 18.9 Å². The van der Waals surface area contributed by atoms with Gasteiger partial charge < -0.3 is 10.1 Å². The summed E-state index contributed by atoms with van der Waals surface area (Å²) in [5.74, 6) is 2.14. The van der Waals surface area contributed by atoms with E-state index in [-0.39, 0.29) is 0 Å². The average Bonchev–Trinajstić information content (AvgIpc) is 2.29. The van der Waals surface area contributed by atoms with E-state index in [0.29, 0.717) is 11.8 Å². The van der Waals surface area contributed by atoms with Crippen LogP contribution in [-0.4, -0.2) is 20.2 Å². The van der Waals surface area contributed by atoms with Gasteiger partial charge in [0.2, 0.25) is 0 Å². The first kappa shape index (κ1) is 13.0. The van der Waals surface area contributed by atoms with Gasteiger partial charge >= 0.3 is 0 Å². The van der Waals surface area contributed by atoms with Crippen LogP contribution in [0.4, 0.5) is 0 Å². The second-order valence-electron chi connectivity index (χ2n) is 4.29. The lowest BCUT2D eigenvalue weighted by Crippen LogP contribution is -2.21. The third kappa shape index (κ3) is 3.24. The maximum atomic E-state index is 5.67. The first-order chi connectivity index (χ1) is 7.70. The number of rotatable bonds is 6. The van der Waals surface area contributed by atoms with E-state index in [1.807, 2.05) is 20.0 Å². The summed E-state index contributed by atoms with van der Waals surface area (Å²) in [4.78, 5) is 0. The molecule has 0 aliphatic heterocycles. The molecule has 0 saturated heterocycles. The van der Waals surface area contributed by atoms with Crippen molar-refractivity contribution in [3.8, 4) is 5.75 Å². The molecule has 2 nitrogen and oxygen atoms in total. The van der Waals surface area contributed by atoms with Gasteiger partial charge in [0, 0.05) is 0 Å². The van der Waals surface area contributed by atoms with E-state index < -0.39 is 0 Å². The molecular weight excluding hydrogens is 198 g/mol. The van der Waals surface area contributed by atoms with Crippen molar-refractivity contribution in [3.63, 3.8) is 0 Å². The lowest BCUT2D eigenvalue weighted by atomic mass is 9.88. The molecule has 90 valence electrons. The van der Waals surface area contributed by atoms with Crippen LogP contribution < -0.4 is 10.1 Å². The topological polar surface area (TPSA) is 21.3 Å². The molecule has 0 amide bonds. The summed E-state index contributed by atoms with van der Waals surface area (Å²) >= 11 is 0. The summed E-state index contributed by atoms with van der Waals surface area (Å²) < 4.78 is 5.67. The van der Waals surface area contributed by atoms with Crippen molar-refractivity contribution < 1.29 is 4.74 Å². The lowest BCUT2D eigenvalue weighted by Gasteiger charge is -2.22. The van der Waals surface area contributed by atoms with Crippen molar-refractivity contribution in [2.24, 2.45) is 5.92 Å². The van der Waals surface area contributed by atoms with Crippen molar-refractivity contribution in [1.82, 2.24) is 5.32 Å². The van der Waals surface area contributed by atoms with E-state index in [9.17, 15) is 0 Å². The van der Waals surface area contributed by atoms with Crippen LogP contribution in [0.2, 0.25) is 0 Å². The molecule has 0 aliphatic rings. The zero-order chi connectivity index (χ0) is 12.0. The summed E-state index contributed by atoms with van der Waals surface area (Å²) in [6, 6.07) is 8.34. The fourth-order valence-electron chi connectivity index (χ4n) is 1.95. The van der Waals surface area contributed by atoms with E-state index >= 15 is 0 Å². The Hall–Kier alpha value is -1.02. The Morgan fingerprint density at radius 3 is 2.56 bits per heavy atom.